The quantitative estimate of drug-likeness (QED) is 0.651. The second-order valence-corrected chi connectivity index (χ2v) is 7.44. The Labute approximate surface area is 172 Å². The molecule has 2 heterocycles. The highest BCUT2D eigenvalue weighted by Gasteiger charge is 2.30. The minimum Gasteiger partial charge on any atom is -0.478 e. The predicted octanol–water partition coefficient (Wildman–Crippen LogP) is 4.20. The van der Waals surface area contributed by atoms with E-state index in [0.717, 1.165) is 5.56 Å². The maximum absolute atomic E-state index is 12.6. The number of ether oxygens (including phenoxy) is 3. The zero-order valence-corrected chi connectivity index (χ0v) is 16.7. The molecule has 0 bridgehead atoms. The van der Waals surface area contributed by atoms with Crippen LogP contribution in [-0.2, 0) is 11.3 Å². The monoisotopic (exact) mass is 414 g/mol. The van der Waals surface area contributed by atoms with Gasteiger partial charge in [-0.15, -0.1) is 0 Å². The lowest BCUT2D eigenvalue weighted by molar-refractivity contribution is -0.134. The van der Waals surface area contributed by atoms with E-state index in [2.05, 4.69) is 10.5 Å². The molecule has 0 fully saturated rings. The van der Waals surface area contributed by atoms with Crippen LogP contribution in [0.1, 0.15) is 19.5 Å². The second kappa shape index (κ2) is 7.67. The lowest BCUT2D eigenvalue weighted by atomic mass is 10.1. The molecular formula is C21H19ClN2O5. The topological polar surface area (TPSA) is 82.8 Å². The summed E-state index contributed by atoms with van der Waals surface area (Å²) in [5.41, 5.74) is 0.330. The number of amides is 1. The van der Waals surface area contributed by atoms with Crippen molar-refractivity contribution in [2.45, 2.75) is 26.0 Å². The Kier molecular flexibility index (Phi) is 5.07. The van der Waals surface area contributed by atoms with Gasteiger partial charge in [-0.2, -0.15) is 0 Å². The molecule has 4 rings (SSSR count). The average molecular weight is 415 g/mol. The zero-order chi connectivity index (χ0) is 20.4. The first-order valence-electron chi connectivity index (χ1n) is 8.99. The van der Waals surface area contributed by atoms with Crippen molar-refractivity contribution in [2.75, 3.05) is 6.79 Å². The molecule has 7 nitrogen and oxygen atoms in total. The summed E-state index contributed by atoms with van der Waals surface area (Å²) < 4.78 is 21.9. The van der Waals surface area contributed by atoms with Crippen LogP contribution in [0.3, 0.4) is 0 Å². The molecule has 2 aromatic carbocycles. The molecule has 1 aromatic heterocycles. The molecule has 0 saturated carbocycles. The number of fused-ring (bicyclic) bond motifs is 1. The molecule has 3 aromatic rings. The molecule has 0 unspecified atom stereocenters. The second-order valence-electron chi connectivity index (χ2n) is 7.00. The minimum atomic E-state index is -1.07. The molecule has 0 aliphatic carbocycles. The molecule has 1 N–H and O–H groups in total. The number of halogens is 1. The van der Waals surface area contributed by atoms with E-state index in [4.69, 9.17) is 30.3 Å². The van der Waals surface area contributed by atoms with Crippen LogP contribution >= 0.6 is 11.6 Å². The summed E-state index contributed by atoms with van der Waals surface area (Å²) in [6.45, 7) is 3.80. The molecule has 0 atom stereocenters. The molecule has 0 saturated heterocycles. The zero-order valence-electron chi connectivity index (χ0n) is 15.9. The van der Waals surface area contributed by atoms with Crippen molar-refractivity contribution in [3.63, 3.8) is 0 Å². The Morgan fingerprint density at radius 2 is 1.90 bits per heavy atom. The van der Waals surface area contributed by atoms with Crippen molar-refractivity contribution in [3.8, 4) is 28.6 Å². The van der Waals surface area contributed by atoms with E-state index in [-0.39, 0.29) is 19.2 Å². The normalized spacial score (nSPS) is 12.7. The van der Waals surface area contributed by atoms with E-state index in [9.17, 15) is 4.79 Å². The SMILES string of the molecule is CC(C)(Oc1ccc(Cl)cc1)C(=O)NCc1cc(-c2ccc3c(c2)OCO3)on1. The van der Waals surface area contributed by atoms with Gasteiger partial charge in [-0.05, 0) is 56.3 Å². The van der Waals surface area contributed by atoms with E-state index in [0.29, 0.717) is 33.7 Å². The van der Waals surface area contributed by atoms with Gasteiger partial charge in [0.25, 0.3) is 5.91 Å². The largest absolute Gasteiger partial charge is 0.478 e. The number of rotatable bonds is 6. The summed E-state index contributed by atoms with van der Waals surface area (Å²) >= 11 is 5.87. The Hall–Kier alpha value is -3.19. The fourth-order valence-corrected chi connectivity index (χ4v) is 2.93. The standard InChI is InChI=1S/C21H19ClN2O5/c1-21(2,28-16-6-4-14(22)5-7-16)20(25)23-11-15-10-18(29-24-15)13-3-8-17-19(9-13)27-12-26-17/h3-10H,11-12H2,1-2H3,(H,23,25). The van der Waals surface area contributed by atoms with Crippen LogP contribution in [0.4, 0.5) is 0 Å². The third-order valence-corrected chi connectivity index (χ3v) is 4.63. The van der Waals surface area contributed by atoms with Gasteiger partial charge in [0, 0.05) is 16.7 Å². The Morgan fingerprint density at radius 1 is 1.14 bits per heavy atom. The van der Waals surface area contributed by atoms with E-state index >= 15 is 0 Å². The molecule has 0 radical (unpaired) electrons. The van der Waals surface area contributed by atoms with Crippen LogP contribution in [0.25, 0.3) is 11.3 Å². The van der Waals surface area contributed by atoms with E-state index < -0.39 is 5.60 Å². The number of nitrogens with zero attached hydrogens (tertiary/aromatic N) is 1. The van der Waals surface area contributed by atoms with E-state index in [1.54, 1.807) is 44.2 Å². The van der Waals surface area contributed by atoms with E-state index in [1.807, 2.05) is 18.2 Å². The summed E-state index contributed by atoms with van der Waals surface area (Å²) in [5.74, 6) is 2.21. The molecule has 8 heteroatoms. The first-order valence-corrected chi connectivity index (χ1v) is 9.37. The van der Waals surface area contributed by atoms with E-state index in [1.165, 1.54) is 0 Å². The van der Waals surface area contributed by atoms with Gasteiger partial charge in [-0.3, -0.25) is 4.79 Å². The number of carbonyl (C=O) groups is 1. The highest BCUT2D eigenvalue weighted by atomic mass is 35.5. The number of hydrogen-bond acceptors (Lipinski definition) is 6. The Balaban J connectivity index is 1.37. The average Bonchev–Trinajstić information content (AvgIpc) is 3.36. The van der Waals surface area contributed by atoms with Crippen molar-refractivity contribution >= 4 is 17.5 Å². The lowest BCUT2D eigenvalue weighted by Crippen LogP contribution is -2.46. The third-order valence-electron chi connectivity index (χ3n) is 4.38. The summed E-state index contributed by atoms with van der Waals surface area (Å²) in [6, 6.07) is 14.1. The number of carbonyl (C=O) groups excluding carboxylic acids is 1. The van der Waals surface area contributed by atoms with Gasteiger partial charge in [-0.25, -0.2) is 0 Å². The first kappa shape index (κ1) is 19.1. The molecule has 29 heavy (non-hydrogen) atoms. The predicted molar refractivity (Wildman–Crippen MR) is 106 cm³/mol. The number of aromatic nitrogens is 1. The minimum absolute atomic E-state index is 0.209. The van der Waals surface area contributed by atoms with Gasteiger partial charge < -0.3 is 24.1 Å². The summed E-state index contributed by atoms with van der Waals surface area (Å²) in [7, 11) is 0. The molecule has 150 valence electrons. The Bertz CT molecular complexity index is 1030. The molecule has 0 spiro atoms. The van der Waals surface area contributed by atoms with Crippen LogP contribution in [0.2, 0.25) is 5.02 Å². The fourth-order valence-electron chi connectivity index (χ4n) is 2.81. The van der Waals surface area contributed by atoms with Gasteiger partial charge in [-0.1, -0.05) is 16.8 Å². The third kappa shape index (κ3) is 4.30. The van der Waals surface area contributed by atoms with Crippen LogP contribution in [0.15, 0.2) is 53.1 Å². The Morgan fingerprint density at radius 3 is 2.69 bits per heavy atom. The van der Waals surface area contributed by atoms with Gasteiger partial charge in [0.1, 0.15) is 11.4 Å². The summed E-state index contributed by atoms with van der Waals surface area (Å²) in [6.07, 6.45) is 0. The van der Waals surface area contributed by atoms with Crippen molar-refractivity contribution in [3.05, 3.63) is 59.2 Å². The number of benzene rings is 2. The fraction of sp³-hybridized carbons (Fsp3) is 0.238. The highest BCUT2D eigenvalue weighted by Crippen LogP contribution is 2.36. The number of hydrogen-bond donors (Lipinski definition) is 1. The van der Waals surface area contributed by atoms with Crippen LogP contribution < -0.4 is 19.5 Å². The van der Waals surface area contributed by atoms with Crippen LogP contribution in [0.5, 0.6) is 17.2 Å². The summed E-state index contributed by atoms with van der Waals surface area (Å²) in [5, 5.41) is 7.44. The van der Waals surface area contributed by atoms with Crippen LogP contribution in [-0.4, -0.2) is 23.5 Å². The van der Waals surface area contributed by atoms with Crippen molar-refractivity contribution in [1.82, 2.24) is 10.5 Å². The molecule has 1 aliphatic heterocycles. The summed E-state index contributed by atoms with van der Waals surface area (Å²) in [4.78, 5) is 12.6. The molecule has 1 amide bonds. The van der Waals surface area contributed by atoms with Gasteiger partial charge in [0.05, 0.1) is 6.54 Å². The van der Waals surface area contributed by atoms with Crippen LogP contribution in [0, 0.1) is 0 Å². The first-order chi connectivity index (χ1) is 13.9. The maximum atomic E-state index is 12.6. The molecular weight excluding hydrogens is 396 g/mol. The maximum Gasteiger partial charge on any atom is 0.263 e. The molecule has 1 aliphatic rings. The van der Waals surface area contributed by atoms with Gasteiger partial charge in [0.2, 0.25) is 6.79 Å². The van der Waals surface area contributed by atoms with Crippen molar-refractivity contribution in [1.29, 1.82) is 0 Å². The van der Waals surface area contributed by atoms with Gasteiger partial charge in [0.15, 0.2) is 22.9 Å². The number of nitrogens with one attached hydrogen (secondary N) is 1. The van der Waals surface area contributed by atoms with Gasteiger partial charge >= 0.3 is 0 Å². The van der Waals surface area contributed by atoms with Crippen molar-refractivity contribution in [2.24, 2.45) is 0 Å². The lowest BCUT2D eigenvalue weighted by Gasteiger charge is -2.25. The highest BCUT2D eigenvalue weighted by molar-refractivity contribution is 6.30. The van der Waals surface area contributed by atoms with Crippen molar-refractivity contribution < 1.29 is 23.5 Å². The smallest absolute Gasteiger partial charge is 0.263 e.